The molecule has 2 aromatic rings. The molecule has 0 bridgehead atoms. The minimum absolute atomic E-state index is 0.411. The second-order valence-electron chi connectivity index (χ2n) is 10.4. The third kappa shape index (κ3) is 4.97. The SMILES string of the molecule is Cn1c(CCCCN2C[C@H]3CCN(c4ccc(C(F)(F)F)cc4)[C@H]3C2)nnc1C1CCCCC1. The highest BCUT2D eigenvalue weighted by Gasteiger charge is 2.41. The van der Waals surface area contributed by atoms with Crippen LogP contribution in [-0.2, 0) is 19.6 Å². The van der Waals surface area contributed by atoms with E-state index in [0.717, 1.165) is 63.4 Å². The van der Waals surface area contributed by atoms with E-state index >= 15 is 0 Å². The molecule has 1 aliphatic carbocycles. The molecule has 2 atom stereocenters. The van der Waals surface area contributed by atoms with Gasteiger partial charge in [-0.25, -0.2) is 0 Å². The molecule has 5 nitrogen and oxygen atoms in total. The maximum atomic E-state index is 12.9. The zero-order chi connectivity index (χ0) is 23.7. The van der Waals surface area contributed by atoms with Crippen LogP contribution in [0.1, 0.15) is 74.5 Å². The number of hydrogen-bond acceptors (Lipinski definition) is 4. The van der Waals surface area contributed by atoms with Crippen LogP contribution < -0.4 is 4.90 Å². The van der Waals surface area contributed by atoms with E-state index in [1.54, 1.807) is 12.1 Å². The second-order valence-corrected chi connectivity index (χ2v) is 10.4. The van der Waals surface area contributed by atoms with Crippen LogP contribution in [0.15, 0.2) is 24.3 Å². The predicted octanol–water partition coefficient (Wildman–Crippen LogP) is 5.42. The third-order valence-electron chi connectivity index (χ3n) is 8.24. The lowest BCUT2D eigenvalue weighted by Crippen LogP contribution is -2.35. The van der Waals surface area contributed by atoms with Gasteiger partial charge in [-0.1, -0.05) is 19.3 Å². The molecule has 0 radical (unpaired) electrons. The van der Waals surface area contributed by atoms with Gasteiger partial charge in [0.25, 0.3) is 0 Å². The van der Waals surface area contributed by atoms with Crippen LogP contribution in [0.2, 0.25) is 0 Å². The zero-order valence-corrected chi connectivity index (χ0v) is 20.1. The molecule has 34 heavy (non-hydrogen) atoms. The van der Waals surface area contributed by atoms with Crippen LogP contribution in [0.25, 0.3) is 0 Å². The highest BCUT2D eigenvalue weighted by atomic mass is 19.4. The van der Waals surface area contributed by atoms with E-state index in [2.05, 4.69) is 31.6 Å². The number of aromatic nitrogens is 3. The Kier molecular flexibility index (Phi) is 6.87. The van der Waals surface area contributed by atoms with Crippen LogP contribution in [0.4, 0.5) is 18.9 Å². The van der Waals surface area contributed by atoms with Crippen LogP contribution in [0.5, 0.6) is 0 Å². The van der Waals surface area contributed by atoms with Crippen molar-refractivity contribution in [1.29, 1.82) is 0 Å². The minimum Gasteiger partial charge on any atom is -0.367 e. The molecule has 1 aromatic heterocycles. The Morgan fingerprint density at radius 2 is 1.71 bits per heavy atom. The van der Waals surface area contributed by atoms with E-state index < -0.39 is 11.7 Å². The fraction of sp³-hybridized carbons (Fsp3) is 0.692. The number of anilines is 1. The average molecular weight is 476 g/mol. The Morgan fingerprint density at radius 3 is 2.44 bits per heavy atom. The molecule has 8 heteroatoms. The summed E-state index contributed by atoms with van der Waals surface area (Å²) >= 11 is 0. The summed E-state index contributed by atoms with van der Waals surface area (Å²) in [7, 11) is 2.12. The smallest absolute Gasteiger partial charge is 0.367 e. The summed E-state index contributed by atoms with van der Waals surface area (Å²) in [5.41, 5.74) is 0.340. The molecule has 1 aromatic carbocycles. The summed E-state index contributed by atoms with van der Waals surface area (Å²) in [6.07, 6.45) is 6.48. The molecule has 3 aliphatic rings. The topological polar surface area (TPSA) is 37.2 Å². The van der Waals surface area contributed by atoms with Crippen LogP contribution >= 0.6 is 0 Å². The monoisotopic (exact) mass is 475 g/mol. The predicted molar refractivity (Wildman–Crippen MR) is 127 cm³/mol. The van der Waals surface area contributed by atoms with E-state index in [9.17, 15) is 13.2 Å². The van der Waals surface area contributed by atoms with Crippen molar-refractivity contribution in [3.8, 4) is 0 Å². The molecule has 5 rings (SSSR count). The molecule has 0 N–H and O–H groups in total. The lowest BCUT2D eigenvalue weighted by molar-refractivity contribution is -0.137. The van der Waals surface area contributed by atoms with E-state index in [0.29, 0.717) is 17.9 Å². The molecule has 3 heterocycles. The quantitative estimate of drug-likeness (QED) is 0.502. The van der Waals surface area contributed by atoms with Crippen molar-refractivity contribution in [2.24, 2.45) is 13.0 Å². The van der Waals surface area contributed by atoms with Crippen LogP contribution in [-0.4, -0.2) is 51.9 Å². The van der Waals surface area contributed by atoms with Gasteiger partial charge in [0.15, 0.2) is 0 Å². The average Bonchev–Trinajstić information content (AvgIpc) is 3.51. The van der Waals surface area contributed by atoms with Crippen LogP contribution in [0, 0.1) is 5.92 Å². The van der Waals surface area contributed by atoms with Crippen molar-refractivity contribution in [2.45, 2.75) is 75.9 Å². The molecule has 1 saturated carbocycles. The van der Waals surface area contributed by atoms with Crippen molar-refractivity contribution in [2.75, 3.05) is 31.1 Å². The van der Waals surface area contributed by atoms with Gasteiger partial charge in [0.2, 0.25) is 0 Å². The largest absolute Gasteiger partial charge is 0.416 e. The van der Waals surface area contributed by atoms with E-state index in [4.69, 9.17) is 0 Å². The van der Waals surface area contributed by atoms with Crippen molar-refractivity contribution >= 4 is 5.69 Å². The first kappa shape index (κ1) is 23.6. The van der Waals surface area contributed by atoms with Gasteiger partial charge in [-0.15, -0.1) is 10.2 Å². The summed E-state index contributed by atoms with van der Waals surface area (Å²) in [6, 6.07) is 6.10. The Morgan fingerprint density at radius 1 is 0.941 bits per heavy atom. The van der Waals surface area contributed by atoms with Crippen molar-refractivity contribution in [3.05, 3.63) is 41.5 Å². The summed E-state index contributed by atoms with van der Waals surface area (Å²) < 4.78 is 40.9. The molecular formula is C26H36F3N5. The van der Waals surface area contributed by atoms with Gasteiger partial charge in [0, 0.05) is 50.7 Å². The fourth-order valence-electron chi connectivity index (χ4n) is 6.32. The molecule has 2 aliphatic heterocycles. The second kappa shape index (κ2) is 9.88. The number of halogens is 3. The number of aryl methyl sites for hydroxylation is 1. The van der Waals surface area contributed by atoms with Crippen molar-refractivity contribution in [1.82, 2.24) is 19.7 Å². The van der Waals surface area contributed by atoms with Gasteiger partial charge in [-0.3, -0.25) is 0 Å². The summed E-state index contributed by atoms with van der Waals surface area (Å²) in [6.45, 7) is 4.10. The lowest BCUT2D eigenvalue weighted by atomic mass is 9.89. The van der Waals surface area contributed by atoms with Gasteiger partial charge >= 0.3 is 6.18 Å². The Labute approximate surface area is 200 Å². The van der Waals surface area contributed by atoms with E-state index in [-0.39, 0.29) is 0 Å². The molecule has 186 valence electrons. The van der Waals surface area contributed by atoms with E-state index in [1.807, 2.05) is 0 Å². The van der Waals surface area contributed by atoms with E-state index in [1.165, 1.54) is 50.1 Å². The minimum atomic E-state index is -4.28. The van der Waals surface area contributed by atoms with Gasteiger partial charge in [-0.2, -0.15) is 13.2 Å². The first-order chi connectivity index (χ1) is 16.4. The van der Waals surface area contributed by atoms with Crippen molar-refractivity contribution < 1.29 is 13.2 Å². The maximum Gasteiger partial charge on any atom is 0.416 e. The fourth-order valence-corrected chi connectivity index (χ4v) is 6.32. The molecule has 0 amide bonds. The number of likely N-dealkylation sites (tertiary alicyclic amines) is 1. The number of rotatable bonds is 7. The first-order valence-corrected chi connectivity index (χ1v) is 12.9. The Hall–Kier alpha value is -2.09. The molecule has 2 saturated heterocycles. The standard InChI is InChI=1S/C26H36F3N5/c1-32-24(30-31-25(32)19-7-3-2-4-8-19)9-5-6-15-33-17-20-14-16-34(23(20)18-33)22-12-10-21(11-13-22)26(27,28)29/h10-13,19-20,23H,2-9,14-18H2,1H3/t20-,23+/m1/s1. The highest BCUT2D eigenvalue weighted by Crippen LogP contribution is 2.37. The normalized spacial score (nSPS) is 24.2. The molecule has 3 fully saturated rings. The Bertz CT molecular complexity index is 948. The lowest BCUT2D eigenvalue weighted by Gasteiger charge is -2.27. The molecular weight excluding hydrogens is 439 g/mol. The van der Waals surface area contributed by atoms with Gasteiger partial charge in [-0.05, 0) is 68.8 Å². The Balaban J connectivity index is 1.09. The number of nitrogens with zero attached hydrogens (tertiary/aromatic N) is 5. The number of benzene rings is 1. The summed E-state index contributed by atoms with van der Waals surface area (Å²) in [5, 5.41) is 9.02. The van der Waals surface area contributed by atoms with Crippen LogP contribution in [0.3, 0.4) is 0 Å². The number of fused-ring (bicyclic) bond motifs is 1. The summed E-state index contributed by atoms with van der Waals surface area (Å²) in [5.74, 6) is 3.47. The summed E-state index contributed by atoms with van der Waals surface area (Å²) in [4.78, 5) is 4.85. The first-order valence-electron chi connectivity index (χ1n) is 12.9. The number of hydrogen-bond donors (Lipinski definition) is 0. The molecule has 0 unspecified atom stereocenters. The number of unbranched alkanes of at least 4 members (excludes halogenated alkanes) is 1. The highest BCUT2D eigenvalue weighted by molar-refractivity contribution is 5.50. The zero-order valence-electron chi connectivity index (χ0n) is 20.1. The van der Waals surface area contributed by atoms with Gasteiger partial charge in [0.1, 0.15) is 11.6 Å². The molecule has 0 spiro atoms. The van der Waals surface area contributed by atoms with Gasteiger partial charge < -0.3 is 14.4 Å². The maximum absolute atomic E-state index is 12.9. The van der Waals surface area contributed by atoms with Crippen molar-refractivity contribution in [3.63, 3.8) is 0 Å². The number of alkyl halides is 3. The van der Waals surface area contributed by atoms with Gasteiger partial charge in [0.05, 0.1) is 5.56 Å². The third-order valence-corrected chi connectivity index (χ3v) is 8.24.